The van der Waals surface area contributed by atoms with Crippen molar-refractivity contribution in [2.24, 2.45) is 0 Å². The van der Waals surface area contributed by atoms with Gasteiger partial charge in [-0.15, -0.1) is 0 Å². The fourth-order valence-corrected chi connectivity index (χ4v) is 9.56. The molecule has 14 aromatic rings. The van der Waals surface area contributed by atoms with E-state index >= 15 is 0 Å². The lowest BCUT2D eigenvalue weighted by molar-refractivity contribution is 1.07. The smallest absolute Gasteiger partial charge is 0.164 e. The van der Waals surface area contributed by atoms with Crippen molar-refractivity contribution in [2.45, 2.75) is 0 Å². The second kappa shape index (κ2) is 20.2. The van der Waals surface area contributed by atoms with Crippen molar-refractivity contribution in [3.63, 3.8) is 0 Å². The zero-order valence-electron chi connectivity index (χ0n) is 41.0. The van der Waals surface area contributed by atoms with Crippen molar-refractivity contribution in [3.8, 4) is 90.7 Å². The Kier molecular flexibility index (Phi) is 12.1. The van der Waals surface area contributed by atoms with E-state index in [-0.39, 0.29) is 0 Å². The first-order chi connectivity index (χ1) is 37.6. The van der Waals surface area contributed by atoms with Gasteiger partial charge in [0, 0.05) is 63.1 Å². The standard InChI is InChI=1S/2C34H22N4/c1-3-9-25-19-29(16-14-23(25)7-1)33-36-32(28-12-5-11-27(21-28)31-13-6-18-35-22-31)37-34(38-33)30-17-15-24-8-2-4-10-26(24)20-30;1-3-10-25-20-29(17-15-23(25)8-1)33-36-32(28-13-7-12-27(22-28)31-14-5-6-19-35-31)37-34(38-33)30-18-16-24-9-2-4-11-26(24)21-30/h2*1-22H. The van der Waals surface area contributed by atoms with Crippen LogP contribution in [0.2, 0.25) is 0 Å². The van der Waals surface area contributed by atoms with Crippen LogP contribution in [-0.2, 0) is 0 Å². The average Bonchev–Trinajstić information content (AvgIpc) is 3.51. The number of pyridine rings is 2. The summed E-state index contributed by atoms with van der Waals surface area (Å²) in [6.07, 6.45) is 5.46. The molecular weight excluding hydrogens is 929 g/mol. The van der Waals surface area contributed by atoms with E-state index in [0.717, 1.165) is 77.3 Å². The van der Waals surface area contributed by atoms with Gasteiger partial charge in [-0.05, 0) is 103 Å². The Morgan fingerprint density at radius 3 is 0.895 bits per heavy atom. The molecule has 0 aliphatic heterocycles. The summed E-state index contributed by atoms with van der Waals surface area (Å²) in [6.45, 7) is 0. The summed E-state index contributed by atoms with van der Waals surface area (Å²) in [5.74, 6) is 3.85. The molecule has 8 heteroatoms. The Morgan fingerprint density at radius 2 is 0.526 bits per heavy atom. The summed E-state index contributed by atoms with van der Waals surface area (Å²) in [4.78, 5) is 38.6. The van der Waals surface area contributed by atoms with E-state index in [1.807, 2.05) is 54.7 Å². The summed E-state index contributed by atoms with van der Waals surface area (Å²) in [6, 6.07) is 85.1. The minimum absolute atomic E-state index is 0.629. The van der Waals surface area contributed by atoms with Gasteiger partial charge in [-0.2, -0.15) is 0 Å². The number of hydrogen-bond donors (Lipinski definition) is 0. The Bertz CT molecular complexity index is 3950. The van der Waals surface area contributed by atoms with Crippen LogP contribution in [-0.4, -0.2) is 39.9 Å². The normalized spacial score (nSPS) is 11.2. The zero-order chi connectivity index (χ0) is 50.6. The third-order valence-electron chi connectivity index (χ3n) is 13.5. The zero-order valence-corrected chi connectivity index (χ0v) is 41.0. The molecule has 0 aliphatic rings. The highest BCUT2D eigenvalue weighted by Gasteiger charge is 2.16. The lowest BCUT2D eigenvalue weighted by atomic mass is 10.0. The van der Waals surface area contributed by atoms with Gasteiger partial charge in [-0.3, -0.25) is 9.97 Å². The number of aromatic nitrogens is 8. The number of hydrogen-bond acceptors (Lipinski definition) is 8. The number of fused-ring (bicyclic) bond motifs is 4. The van der Waals surface area contributed by atoms with Gasteiger partial charge in [0.15, 0.2) is 34.9 Å². The molecule has 14 rings (SSSR count). The Hall–Kier alpha value is -10.4. The van der Waals surface area contributed by atoms with Crippen molar-refractivity contribution < 1.29 is 0 Å². The van der Waals surface area contributed by atoms with Crippen LogP contribution in [0.4, 0.5) is 0 Å². The van der Waals surface area contributed by atoms with E-state index in [0.29, 0.717) is 34.9 Å². The topological polar surface area (TPSA) is 103 Å². The van der Waals surface area contributed by atoms with E-state index < -0.39 is 0 Å². The van der Waals surface area contributed by atoms with Crippen LogP contribution in [0.1, 0.15) is 0 Å². The first-order valence-electron chi connectivity index (χ1n) is 25.1. The van der Waals surface area contributed by atoms with Crippen LogP contribution in [0.25, 0.3) is 134 Å². The van der Waals surface area contributed by atoms with Crippen molar-refractivity contribution >= 4 is 43.1 Å². The molecule has 0 spiro atoms. The first kappa shape index (κ1) is 45.4. The third-order valence-corrected chi connectivity index (χ3v) is 13.5. The molecule has 0 saturated heterocycles. The number of rotatable bonds is 8. The molecule has 8 nitrogen and oxygen atoms in total. The van der Waals surface area contributed by atoms with Gasteiger partial charge in [0.1, 0.15) is 0 Å². The van der Waals surface area contributed by atoms with Gasteiger partial charge in [0.2, 0.25) is 0 Å². The number of nitrogens with zero attached hydrogens (tertiary/aromatic N) is 8. The third kappa shape index (κ3) is 9.53. The van der Waals surface area contributed by atoms with Crippen molar-refractivity contribution in [3.05, 3.63) is 267 Å². The quantitative estimate of drug-likeness (QED) is 0.148. The van der Waals surface area contributed by atoms with Gasteiger partial charge < -0.3 is 0 Å². The second-order valence-corrected chi connectivity index (χ2v) is 18.5. The van der Waals surface area contributed by atoms with Gasteiger partial charge >= 0.3 is 0 Å². The van der Waals surface area contributed by atoms with Gasteiger partial charge in [-0.1, -0.05) is 194 Å². The molecule has 76 heavy (non-hydrogen) atoms. The van der Waals surface area contributed by atoms with E-state index in [1.165, 1.54) is 21.5 Å². The molecule has 0 amide bonds. The molecular formula is C68H44N8. The molecule has 0 atom stereocenters. The lowest BCUT2D eigenvalue weighted by Gasteiger charge is -2.10. The predicted molar refractivity (Wildman–Crippen MR) is 309 cm³/mol. The maximum absolute atomic E-state index is 4.97. The maximum atomic E-state index is 4.97. The van der Waals surface area contributed by atoms with Gasteiger partial charge in [0.05, 0.1) is 5.69 Å². The van der Waals surface area contributed by atoms with Crippen molar-refractivity contribution in [2.75, 3.05) is 0 Å². The largest absolute Gasteiger partial charge is 0.264 e. The van der Waals surface area contributed by atoms with E-state index in [1.54, 1.807) is 12.4 Å². The van der Waals surface area contributed by atoms with Gasteiger partial charge in [-0.25, -0.2) is 29.9 Å². The molecule has 0 bridgehead atoms. The van der Waals surface area contributed by atoms with E-state index in [2.05, 4.69) is 210 Å². The molecule has 0 N–H and O–H groups in total. The molecule has 0 aliphatic carbocycles. The molecule has 4 heterocycles. The second-order valence-electron chi connectivity index (χ2n) is 18.5. The molecule has 0 fully saturated rings. The van der Waals surface area contributed by atoms with E-state index in [9.17, 15) is 0 Å². The summed E-state index contributed by atoms with van der Waals surface area (Å²) in [7, 11) is 0. The average molecular weight is 973 g/mol. The Balaban J connectivity index is 0.000000146. The monoisotopic (exact) mass is 972 g/mol. The highest BCUT2D eigenvalue weighted by atomic mass is 15.0. The van der Waals surface area contributed by atoms with Crippen LogP contribution in [0, 0.1) is 0 Å². The van der Waals surface area contributed by atoms with E-state index in [4.69, 9.17) is 29.9 Å². The highest BCUT2D eigenvalue weighted by Crippen LogP contribution is 2.33. The molecule has 0 radical (unpaired) electrons. The molecule has 0 saturated carbocycles. The molecule has 10 aromatic carbocycles. The molecule has 4 aromatic heterocycles. The van der Waals surface area contributed by atoms with Crippen LogP contribution in [0.5, 0.6) is 0 Å². The predicted octanol–water partition coefficient (Wildman–Crippen LogP) is 16.5. The summed E-state index contributed by atoms with van der Waals surface area (Å²) < 4.78 is 0. The molecule has 0 unspecified atom stereocenters. The van der Waals surface area contributed by atoms with Crippen LogP contribution >= 0.6 is 0 Å². The maximum Gasteiger partial charge on any atom is 0.164 e. The van der Waals surface area contributed by atoms with Crippen LogP contribution in [0.15, 0.2) is 267 Å². The Morgan fingerprint density at radius 1 is 0.197 bits per heavy atom. The van der Waals surface area contributed by atoms with Crippen LogP contribution in [0.3, 0.4) is 0 Å². The summed E-state index contributed by atoms with van der Waals surface area (Å²) >= 11 is 0. The Labute approximate surface area is 438 Å². The van der Waals surface area contributed by atoms with Crippen molar-refractivity contribution in [1.82, 2.24) is 39.9 Å². The van der Waals surface area contributed by atoms with Gasteiger partial charge in [0.25, 0.3) is 0 Å². The SMILES string of the molecule is c1ccc(-c2cccc(-c3nc(-c4ccc5ccccc5c4)nc(-c4ccc5ccccc5c4)n3)c2)nc1.c1cncc(-c2cccc(-c3nc(-c4ccc5ccccc5c4)nc(-c4ccc5ccccc5c4)n3)c2)c1. The minimum Gasteiger partial charge on any atom is -0.264 e. The minimum atomic E-state index is 0.629. The number of benzene rings is 10. The fourth-order valence-electron chi connectivity index (χ4n) is 9.56. The van der Waals surface area contributed by atoms with Crippen LogP contribution < -0.4 is 0 Å². The van der Waals surface area contributed by atoms with Crippen molar-refractivity contribution in [1.29, 1.82) is 0 Å². The fraction of sp³-hybridized carbons (Fsp3) is 0. The molecule has 356 valence electrons. The first-order valence-corrected chi connectivity index (χ1v) is 25.1. The highest BCUT2D eigenvalue weighted by molar-refractivity contribution is 5.90. The summed E-state index contributed by atoms with van der Waals surface area (Å²) in [5.41, 5.74) is 9.71. The lowest BCUT2D eigenvalue weighted by Crippen LogP contribution is -2.00. The summed E-state index contributed by atoms with van der Waals surface area (Å²) in [5, 5.41) is 9.34.